The van der Waals surface area contributed by atoms with Crippen LogP contribution in [0, 0.1) is 0 Å². The number of carbonyl (C=O) groups excluding carboxylic acids is 2. The molecule has 0 saturated carbocycles. The quantitative estimate of drug-likeness (QED) is 0.685. The molecule has 0 radical (unpaired) electrons. The van der Waals surface area contributed by atoms with E-state index in [2.05, 4.69) is 0 Å². The van der Waals surface area contributed by atoms with Crippen molar-refractivity contribution in [2.45, 2.75) is 65.1 Å². The number of piperidine rings is 1. The maximum absolute atomic E-state index is 13.2. The van der Waals surface area contributed by atoms with Crippen LogP contribution in [0.25, 0.3) is 0 Å². The van der Waals surface area contributed by atoms with Crippen LogP contribution in [0.4, 0.5) is 4.79 Å². The summed E-state index contributed by atoms with van der Waals surface area (Å²) in [6.07, 6.45) is 2.00. The van der Waals surface area contributed by atoms with Gasteiger partial charge >= 0.3 is 6.09 Å². The fraction of sp³-hybridized carbons (Fsp3) is 0.600. The molecule has 0 bridgehead atoms. The number of amides is 2. The van der Waals surface area contributed by atoms with Crippen LogP contribution in [-0.2, 0) is 16.1 Å². The number of nitrogens with zero attached hydrogens (tertiary/aromatic N) is 2. The Hall–Kier alpha value is -1.46. The van der Waals surface area contributed by atoms with Crippen LogP contribution in [0.5, 0.6) is 0 Å². The molecule has 5 nitrogen and oxygen atoms in total. The predicted octanol–water partition coefficient (Wildman–Crippen LogP) is 5.13. The van der Waals surface area contributed by atoms with Gasteiger partial charge in [-0.05, 0) is 64.7 Å². The maximum Gasteiger partial charge on any atom is 0.410 e. The Morgan fingerprint density at radius 2 is 1.96 bits per heavy atom. The molecule has 1 aliphatic heterocycles. The molecular weight excluding hydrogens is 387 g/mol. The normalized spacial score (nSPS) is 17.6. The van der Waals surface area contributed by atoms with Crippen LogP contribution in [-0.4, -0.2) is 46.5 Å². The van der Waals surface area contributed by atoms with Crippen molar-refractivity contribution in [2.24, 2.45) is 0 Å². The molecule has 1 atom stereocenters. The van der Waals surface area contributed by atoms with Gasteiger partial charge in [0, 0.05) is 29.7 Å². The van der Waals surface area contributed by atoms with Crippen molar-refractivity contribution in [2.75, 3.05) is 13.1 Å². The van der Waals surface area contributed by atoms with Crippen molar-refractivity contribution < 1.29 is 14.3 Å². The lowest BCUT2D eigenvalue weighted by Crippen LogP contribution is -2.53. The average Bonchev–Trinajstić information content (AvgIpc) is 2.59. The third-order valence-corrected chi connectivity index (χ3v) is 5.07. The second kappa shape index (κ2) is 9.16. The van der Waals surface area contributed by atoms with Gasteiger partial charge in [-0.15, -0.1) is 0 Å². The van der Waals surface area contributed by atoms with E-state index in [-0.39, 0.29) is 5.91 Å². The Morgan fingerprint density at radius 1 is 1.26 bits per heavy atom. The fourth-order valence-electron chi connectivity index (χ4n) is 3.14. The minimum absolute atomic E-state index is 0.0749. The number of likely N-dealkylation sites (N-methyl/N-ethyl adjacent to an activating group) is 1. The van der Waals surface area contributed by atoms with Gasteiger partial charge in [-0.2, -0.15) is 0 Å². The van der Waals surface area contributed by atoms with Crippen molar-refractivity contribution in [1.29, 1.82) is 0 Å². The zero-order valence-electron chi connectivity index (χ0n) is 16.4. The maximum atomic E-state index is 13.2. The molecule has 2 rings (SSSR count). The number of halogens is 2. The molecule has 1 saturated heterocycles. The molecule has 7 heteroatoms. The van der Waals surface area contributed by atoms with Gasteiger partial charge in [-0.3, -0.25) is 9.69 Å². The van der Waals surface area contributed by atoms with E-state index >= 15 is 0 Å². The summed E-state index contributed by atoms with van der Waals surface area (Å²) in [7, 11) is 0. The first-order chi connectivity index (χ1) is 12.6. The average molecular weight is 415 g/mol. The van der Waals surface area contributed by atoms with E-state index in [1.165, 1.54) is 0 Å². The second-order valence-corrected chi connectivity index (χ2v) is 8.62. The van der Waals surface area contributed by atoms with Crippen molar-refractivity contribution in [3.05, 3.63) is 33.8 Å². The van der Waals surface area contributed by atoms with Crippen LogP contribution in [0.3, 0.4) is 0 Å². The van der Waals surface area contributed by atoms with Gasteiger partial charge in [-0.1, -0.05) is 29.3 Å². The number of hydrogen-bond donors (Lipinski definition) is 0. The van der Waals surface area contributed by atoms with Gasteiger partial charge in [0.25, 0.3) is 0 Å². The van der Waals surface area contributed by atoms with E-state index in [1.54, 1.807) is 21.9 Å². The molecule has 2 amide bonds. The topological polar surface area (TPSA) is 49.9 Å². The second-order valence-electron chi connectivity index (χ2n) is 7.77. The molecule has 0 spiro atoms. The zero-order chi connectivity index (χ0) is 20.2. The Bertz CT molecular complexity index is 688. The zero-order valence-corrected chi connectivity index (χ0v) is 17.9. The van der Waals surface area contributed by atoms with Crippen LogP contribution < -0.4 is 0 Å². The molecule has 1 aromatic carbocycles. The van der Waals surface area contributed by atoms with Crippen molar-refractivity contribution in [3.8, 4) is 0 Å². The molecule has 1 fully saturated rings. The summed E-state index contributed by atoms with van der Waals surface area (Å²) < 4.78 is 5.50. The highest BCUT2D eigenvalue weighted by Gasteiger charge is 2.36. The highest BCUT2D eigenvalue weighted by atomic mass is 35.5. The lowest BCUT2D eigenvalue weighted by molar-refractivity contribution is -0.138. The molecule has 150 valence electrons. The summed E-state index contributed by atoms with van der Waals surface area (Å²) in [4.78, 5) is 29.1. The van der Waals surface area contributed by atoms with Crippen LogP contribution in [0.2, 0.25) is 10.0 Å². The lowest BCUT2D eigenvalue weighted by Gasteiger charge is -2.38. The largest absolute Gasteiger partial charge is 0.444 e. The molecule has 27 heavy (non-hydrogen) atoms. The van der Waals surface area contributed by atoms with E-state index in [0.717, 1.165) is 18.4 Å². The summed E-state index contributed by atoms with van der Waals surface area (Å²) in [5.41, 5.74) is 0.236. The summed E-state index contributed by atoms with van der Waals surface area (Å²) in [5, 5.41) is 1.09. The highest BCUT2D eigenvalue weighted by Crippen LogP contribution is 2.25. The number of likely N-dealkylation sites (tertiary alicyclic amines) is 1. The Balaban J connectivity index is 2.16. The summed E-state index contributed by atoms with van der Waals surface area (Å²) in [6, 6.07) is 4.76. The number of ether oxygens (including phenoxy) is 1. The molecule has 1 heterocycles. The smallest absolute Gasteiger partial charge is 0.410 e. The minimum atomic E-state index is -0.594. The van der Waals surface area contributed by atoms with Gasteiger partial charge in [-0.25, -0.2) is 4.79 Å². The summed E-state index contributed by atoms with van der Waals surface area (Å²) in [5.74, 6) is -0.0749. The molecular formula is C20H28Cl2N2O3. The first-order valence-corrected chi connectivity index (χ1v) is 10.1. The lowest BCUT2D eigenvalue weighted by atomic mass is 10.0. The fourth-order valence-corrected chi connectivity index (χ4v) is 3.61. The number of hydrogen-bond acceptors (Lipinski definition) is 3. The van der Waals surface area contributed by atoms with Gasteiger partial charge < -0.3 is 9.64 Å². The van der Waals surface area contributed by atoms with E-state index in [4.69, 9.17) is 27.9 Å². The van der Waals surface area contributed by atoms with Crippen LogP contribution >= 0.6 is 23.2 Å². The van der Waals surface area contributed by atoms with Gasteiger partial charge in [0.1, 0.15) is 11.6 Å². The van der Waals surface area contributed by atoms with Crippen LogP contribution in [0.1, 0.15) is 52.5 Å². The molecule has 1 aliphatic rings. The minimum Gasteiger partial charge on any atom is -0.444 e. The van der Waals surface area contributed by atoms with Crippen molar-refractivity contribution in [1.82, 2.24) is 9.80 Å². The molecule has 0 unspecified atom stereocenters. The van der Waals surface area contributed by atoms with Crippen molar-refractivity contribution in [3.63, 3.8) is 0 Å². The van der Waals surface area contributed by atoms with Gasteiger partial charge in [0.2, 0.25) is 5.91 Å². The standard InChI is InChI=1S/C20H28Cl2N2O3/c1-5-23(13-14-9-10-15(21)12-16(14)22)18(25)17-8-6-7-11-24(17)19(26)27-20(2,3)4/h9-10,12,17H,5-8,11,13H2,1-4H3/t17-/m0/s1. The third kappa shape index (κ3) is 6.01. The number of carbonyl (C=O) groups is 2. The monoisotopic (exact) mass is 414 g/mol. The third-order valence-electron chi connectivity index (χ3n) is 4.49. The number of benzene rings is 1. The Kier molecular flexibility index (Phi) is 7.40. The van der Waals surface area contributed by atoms with Crippen LogP contribution in [0.15, 0.2) is 18.2 Å². The summed E-state index contributed by atoms with van der Waals surface area (Å²) in [6.45, 7) is 8.83. The molecule has 0 aliphatic carbocycles. The molecule has 0 N–H and O–H groups in total. The predicted molar refractivity (Wildman–Crippen MR) is 108 cm³/mol. The SMILES string of the molecule is CCN(Cc1ccc(Cl)cc1Cl)C(=O)[C@@H]1CCCCN1C(=O)OC(C)(C)C. The van der Waals surface area contributed by atoms with E-state index in [0.29, 0.717) is 36.1 Å². The van der Waals surface area contributed by atoms with E-state index < -0.39 is 17.7 Å². The van der Waals surface area contributed by atoms with Crippen molar-refractivity contribution >= 4 is 35.2 Å². The first-order valence-electron chi connectivity index (χ1n) is 9.34. The van der Waals surface area contributed by atoms with E-state index in [9.17, 15) is 9.59 Å². The Labute approximate surface area is 171 Å². The van der Waals surface area contributed by atoms with E-state index in [1.807, 2.05) is 33.8 Å². The first kappa shape index (κ1) is 21.8. The molecule has 1 aromatic rings. The summed E-state index contributed by atoms with van der Waals surface area (Å²) >= 11 is 12.2. The van der Waals surface area contributed by atoms with Gasteiger partial charge in [0.15, 0.2) is 0 Å². The molecule has 0 aromatic heterocycles. The number of rotatable bonds is 4. The van der Waals surface area contributed by atoms with Gasteiger partial charge in [0.05, 0.1) is 0 Å². The highest BCUT2D eigenvalue weighted by molar-refractivity contribution is 6.35. The Morgan fingerprint density at radius 3 is 2.56 bits per heavy atom.